The molecule has 0 unspecified atom stereocenters. The van der Waals surface area contributed by atoms with Gasteiger partial charge in [0.05, 0.1) is 0 Å². The zero-order chi connectivity index (χ0) is 16.1. The summed E-state index contributed by atoms with van der Waals surface area (Å²) < 4.78 is 1.15. The van der Waals surface area contributed by atoms with Gasteiger partial charge in [-0.05, 0) is 49.8 Å². The minimum absolute atomic E-state index is 0. The molecule has 6 heteroatoms. The highest BCUT2D eigenvalue weighted by Crippen LogP contribution is 2.18. The van der Waals surface area contributed by atoms with Gasteiger partial charge < -0.3 is 10.6 Å². The number of nitrogens with one attached hydrogen (secondary N) is 2. The first kappa shape index (κ1) is 20.0. The third-order valence-electron chi connectivity index (χ3n) is 4.92. The van der Waals surface area contributed by atoms with E-state index in [-0.39, 0.29) is 24.0 Å². The second-order valence-electron chi connectivity index (χ2n) is 6.67. The van der Waals surface area contributed by atoms with E-state index in [4.69, 9.17) is 0 Å². The molecule has 1 saturated carbocycles. The summed E-state index contributed by atoms with van der Waals surface area (Å²) in [6.45, 7) is 3.34. The van der Waals surface area contributed by atoms with Crippen LogP contribution in [0.4, 0.5) is 0 Å². The summed E-state index contributed by atoms with van der Waals surface area (Å²) in [6, 6.07) is 9.85. The van der Waals surface area contributed by atoms with E-state index >= 15 is 0 Å². The molecular weight excluding hydrogens is 479 g/mol. The molecule has 2 fully saturated rings. The number of aliphatic imine (C=N–C) groups is 1. The lowest BCUT2D eigenvalue weighted by Gasteiger charge is -2.34. The number of likely N-dealkylation sites (tertiary alicyclic amines) is 1. The van der Waals surface area contributed by atoms with Crippen LogP contribution in [0.2, 0.25) is 0 Å². The van der Waals surface area contributed by atoms with Crippen molar-refractivity contribution in [1.29, 1.82) is 0 Å². The predicted molar refractivity (Wildman–Crippen MR) is 115 cm³/mol. The zero-order valence-electron chi connectivity index (χ0n) is 14.3. The van der Waals surface area contributed by atoms with E-state index in [2.05, 4.69) is 60.7 Å². The van der Waals surface area contributed by atoms with Crippen molar-refractivity contribution < 1.29 is 0 Å². The van der Waals surface area contributed by atoms with Crippen molar-refractivity contribution >= 4 is 45.9 Å². The monoisotopic (exact) mass is 506 g/mol. The van der Waals surface area contributed by atoms with E-state index in [1.165, 1.54) is 37.7 Å². The Morgan fingerprint density at radius 3 is 2.17 bits per heavy atom. The summed E-state index contributed by atoms with van der Waals surface area (Å²) in [7, 11) is 1.87. The van der Waals surface area contributed by atoms with Gasteiger partial charge in [0, 0.05) is 43.2 Å². The van der Waals surface area contributed by atoms with E-state index in [0.717, 1.165) is 30.1 Å². The zero-order valence-corrected chi connectivity index (χ0v) is 18.2. The molecule has 1 aliphatic carbocycles. The third kappa shape index (κ3) is 5.88. The van der Waals surface area contributed by atoms with Gasteiger partial charge in [0.1, 0.15) is 0 Å². The summed E-state index contributed by atoms with van der Waals surface area (Å²) in [5, 5.41) is 7.13. The standard InChI is InChI=1S/C18H27BrN4.HI/c1-20-18(21-16-3-2-4-16)22-17-9-11-23(12-10-17)13-14-5-7-15(19)8-6-14;/h5-8,16-17H,2-4,9-13H2,1H3,(H2,20,21,22);1H. The van der Waals surface area contributed by atoms with E-state index in [1.807, 2.05) is 7.05 Å². The van der Waals surface area contributed by atoms with Crippen molar-refractivity contribution in [3.8, 4) is 0 Å². The van der Waals surface area contributed by atoms with Crippen molar-refractivity contribution in [1.82, 2.24) is 15.5 Å². The van der Waals surface area contributed by atoms with Gasteiger partial charge in [-0.3, -0.25) is 9.89 Å². The van der Waals surface area contributed by atoms with Crippen molar-refractivity contribution in [3.05, 3.63) is 34.3 Å². The lowest BCUT2D eigenvalue weighted by molar-refractivity contribution is 0.198. The summed E-state index contributed by atoms with van der Waals surface area (Å²) in [4.78, 5) is 6.92. The number of halogens is 2. The van der Waals surface area contributed by atoms with E-state index in [0.29, 0.717) is 12.1 Å². The smallest absolute Gasteiger partial charge is 0.191 e. The average molecular weight is 507 g/mol. The molecule has 2 N–H and O–H groups in total. The molecule has 1 aromatic rings. The van der Waals surface area contributed by atoms with Crippen LogP contribution in [0.5, 0.6) is 0 Å². The van der Waals surface area contributed by atoms with Crippen LogP contribution in [0.1, 0.15) is 37.7 Å². The highest BCUT2D eigenvalue weighted by Gasteiger charge is 2.22. The Kier molecular flexibility index (Phi) is 8.30. The number of piperidine rings is 1. The van der Waals surface area contributed by atoms with Crippen LogP contribution in [0.3, 0.4) is 0 Å². The summed E-state index contributed by atoms with van der Waals surface area (Å²) >= 11 is 3.50. The van der Waals surface area contributed by atoms with Gasteiger partial charge in [0.2, 0.25) is 0 Å². The second-order valence-corrected chi connectivity index (χ2v) is 7.58. The van der Waals surface area contributed by atoms with Crippen LogP contribution < -0.4 is 10.6 Å². The lowest BCUT2D eigenvalue weighted by atomic mass is 9.93. The molecule has 2 aliphatic rings. The number of guanidine groups is 1. The SMILES string of the molecule is CN=C(NC1CCC1)NC1CCN(Cc2ccc(Br)cc2)CC1.I. The lowest BCUT2D eigenvalue weighted by Crippen LogP contribution is -2.52. The summed E-state index contributed by atoms with van der Waals surface area (Å²) in [5.74, 6) is 0.987. The number of hydrogen-bond donors (Lipinski definition) is 2. The normalized spacial score (nSPS) is 20.2. The summed E-state index contributed by atoms with van der Waals surface area (Å²) in [5.41, 5.74) is 1.39. The highest BCUT2D eigenvalue weighted by atomic mass is 127. The fourth-order valence-electron chi connectivity index (χ4n) is 3.19. The molecule has 3 rings (SSSR count). The molecular formula is C18H28BrIN4. The van der Waals surface area contributed by atoms with Crippen LogP contribution in [-0.2, 0) is 6.54 Å². The fraction of sp³-hybridized carbons (Fsp3) is 0.611. The van der Waals surface area contributed by atoms with E-state index < -0.39 is 0 Å². The minimum Gasteiger partial charge on any atom is -0.354 e. The molecule has 1 aromatic carbocycles. The molecule has 4 nitrogen and oxygen atoms in total. The number of rotatable bonds is 4. The first-order valence-electron chi connectivity index (χ1n) is 8.69. The van der Waals surface area contributed by atoms with Gasteiger partial charge in [0.25, 0.3) is 0 Å². The maximum absolute atomic E-state index is 4.38. The largest absolute Gasteiger partial charge is 0.354 e. The van der Waals surface area contributed by atoms with Crippen LogP contribution in [0.15, 0.2) is 33.7 Å². The number of benzene rings is 1. The van der Waals surface area contributed by atoms with Crippen LogP contribution >= 0.6 is 39.9 Å². The van der Waals surface area contributed by atoms with Crippen LogP contribution in [-0.4, -0.2) is 43.1 Å². The van der Waals surface area contributed by atoms with Crippen molar-refractivity contribution in [2.75, 3.05) is 20.1 Å². The Balaban J connectivity index is 0.00000208. The quantitative estimate of drug-likeness (QED) is 0.371. The van der Waals surface area contributed by atoms with Gasteiger partial charge >= 0.3 is 0 Å². The third-order valence-corrected chi connectivity index (χ3v) is 5.45. The molecule has 1 aliphatic heterocycles. The highest BCUT2D eigenvalue weighted by molar-refractivity contribution is 14.0. The van der Waals surface area contributed by atoms with Gasteiger partial charge in [-0.1, -0.05) is 28.1 Å². The molecule has 0 radical (unpaired) electrons. The molecule has 0 bridgehead atoms. The van der Waals surface area contributed by atoms with Gasteiger partial charge in [-0.25, -0.2) is 0 Å². The molecule has 0 amide bonds. The summed E-state index contributed by atoms with van der Waals surface area (Å²) in [6.07, 6.45) is 6.28. The minimum atomic E-state index is 0. The average Bonchev–Trinajstić information content (AvgIpc) is 2.53. The van der Waals surface area contributed by atoms with Crippen molar-refractivity contribution in [2.24, 2.45) is 4.99 Å². The first-order chi connectivity index (χ1) is 11.2. The van der Waals surface area contributed by atoms with Crippen LogP contribution in [0, 0.1) is 0 Å². The van der Waals surface area contributed by atoms with Crippen molar-refractivity contribution in [3.63, 3.8) is 0 Å². The molecule has 24 heavy (non-hydrogen) atoms. The van der Waals surface area contributed by atoms with Crippen LogP contribution in [0.25, 0.3) is 0 Å². The Morgan fingerprint density at radius 1 is 1.08 bits per heavy atom. The molecule has 134 valence electrons. The Bertz CT molecular complexity index is 522. The molecule has 0 aromatic heterocycles. The van der Waals surface area contributed by atoms with E-state index in [9.17, 15) is 0 Å². The van der Waals surface area contributed by atoms with Gasteiger partial charge in [-0.2, -0.15) is 0 Å². The second kappa shape index (κ2) is 9.97. The molecule has 0 atom stereocenters. The maximum Gasteiger partial charge on any atom is 0.191 e. The number of nitrogens with zero attached hydrogens (tertiary/aromatic N) is 2. The van der Waals surface area contributed by atoms with Gasteiger partial charge in [-0.15, -0.1) is 24.0 Å². The Hall–Kier alpha value is -0.340. The topological polar surface area (TPSA) is 39.7 Å². The number of hydrogen-bond acceptors (Lipinski definition) is 2. The predicted octanol–water partition coefficient (Wildman–Crippen LogP) is 3.75. The Morgan fingerprint density at radius 2 is 1.67 bits per heavy atom. The Labute approximate surface area is 171 Å². The molecule has 1 saturated heterocycles. The fourth-order valence-corrected chi connectivity index (χ4v) is 3.46. The first-order valence-corrected chi connectivity index (χ1v) is 9.49. The molecule has 1 heterocycles. The van der Waals surface area contributed by atoms with E-state index in [1.54, 1.807) is 0 Å². The van der Waals surface area contributed by atoms with Gasteiger partial charge in [0.15, 0.2) is 5.96 Å². The molecule has 0 spiro atoms. The van der Waals surface area contributed by atoms with Crippen molar-refractivity contribution in [2.45, 2.75) is 50.7 Å². The maximum atomic E-state index is 4.38.